The van der Waals surface area contributed by atoms with Gasteiger partial charge in [-0.2, -0.15) is 0 Å². The Balaban J connectivity index is 0.954. The Bertz CT molecular complexity index is 1560. The molecule has 0 spiro atoms. The lowest BCUT2D eigenvalue weighted by molar-refractivity contribution is 0.0351. The first-order valence-electron chi connectivity index (χ1n) is 16.0. The van der Waals surface area contributed by atoms with Crippen LogP contribution >= 0.6 is 0 Å². The van der Waals surface area contributed by atoms with Crippen molar-refractivity contribution in [3.8, 4) is 5.75 Å². The van der Waals surface area contributed by atoms with Crippen molar-refractivity contribution < 1.29 is 13.9 Å². The summed E-state index contributed by atoms with van der Waals surface area (Å²) in [4.78, 5) is 22.0. The Labute approximate surface area is 248 Å². The van der Waals surface area contributed by atoms with Crippen LogP contribution in [0.25, 0.3) is 21.9 Å². The molecule has 7 nitrogen and oxygen atoms in total. The van der Waals surface area contributed by atoms with Crippen LogP contribution in [-0.2, 0) is 6.61 Å². The predicted molar refractivity (Wildman–Crippen MR) is 167 cm³/mol. The number of piperidine rings is 3. The molecule has 3 saturated heterocycles. The van der Waals surface area contributed by atoms with Gasteiger partial charge < -0.3 is 29.3 Å². The van der Waals surface area contributed by atoms with Gasteiger partial charge in [-0.25, -0.2) is 0 Å². The Hall–Kier alpha value is -3.29. The summed E-state index contributed by atoms with van der Waals surface area (Å²) in [5.74, 6) is 1.54. The van der Waals surface area contributed by atoms with Crippen molar-refractivity contribution in [2.24, 2.45) is 5.92 Å². The number of rotatable bonds is 7. The molecule has 3 aliphatic rings. The van der Waals surface area contributed by atoms with E-state index in [0.29, 0.717) is 12.3 Å². The zero-order chi connectivity index (χ0) is 28.6. The maximum absolute atomic E-state index is 13.3. The van der Waals surface area contributed by atoms with E-state index in [2.05, 4.69) is 46.1 Å². The van der Waals surface area contributed by atoms with Gasteiger partial charge in [0.25, 0.3) is 5.91 Å². The number of ether oxygens (including phenoxy) is 1. The fourth-order valence-electron chi connectivity index (χ4n) is 7.62. The van der Waals surface area contributed by atoms with Crippen LogP contribution in [0.3, 0.4) is 0 Å². The Kier molecular flexibility index (Phi) is 7.72. The normalized spacial score (nSPS) is 22.4. The number of carbonyl (C=O) groups excluding carboxylic acids is 1. The number of fused-ring (bicyclic) bond motifs is 3. The first-order valence-corrected chi connectivity index (χ1v) is 16.0. The summed E-state index contributed by atoms with van der Waals surface area (Å²) in [5.41, 5.74) is 5.84. The molecule has 7 heteroatoms. The van der Waals surface area contributed by atoms with E-state index in [4.69, 9.17) is 9.15 Å². The van der Waals surface area contributed by atoms with Gasteiger partial charge in [-0.05, 0) is 113 Å². The third-order valence-electron chi connectivity index (χ3n) is 10.2. The molecule has 0 saturated carbocycles. The lowest BCUT2D eigenvalue weighted by Gasteiger charge is -2.46. The van der Waals surface area contributed by atoms with Crippen molar-refractivity contribution in [1.29, 1.82) is 0 Å². The molecule has 3 aliphatic heterocycles. The van der Waals surface area contributed by atoms with Crippen molar-refractivity contribution in [3.05, 3.63) is 65.0 Å². The van der Waals surface area contributed by atoms with Gasteiger partial charge in [0.2, 0.25) is 0 Å². The Morgan fingerprint density at radius 1 is 0.976 bits per heavy atom. The monoisotopic (exact) mass is 568 g/mol. The third-order valence-corrected chi connectivity index (χ3v) is 10.2. The van der Waals surface area contributed by atoms with Gasteiger partial charge in [-0.1, -0.05) is 12.5 Å². The largest absolute Gasteiger partial charge is 0.488 e. The topological polar surface area (TPSA) is 73.7 Å². The summed E-state index contributed by atoms with van der Waals surface area (Å²) in [6, 6.07) is 13.1. The van der Waals surface area contributed by atoms with Gasteiger partial charge in [0.15, 0.2) is 0 Å². The minimum atomic E-state index is -0.0348. The standard InChI is InChI=1S/C35H44N4O3/c1-23-17-28-26(22-42-34(28)18-24(23)2)21-41-33-10-5-8-30-29(33)19-31(37-30)35(40)36-27-11-15-38(16-12-27)20-25-7-6-14-39-13-4-3-9-32(25)39/h5,8,10,17-19,22,25,27,32,37H,3-4,6-7,9,11-16,20-21H2,1-2H3,(H,36,40)/t25-,32+/m0/s1. The van der Waals surface area contributed by atoms with E-state index in [9.17, 15) is 4.79 Å². The summed E-state index contributed by atoms with van der Waals surface area (Å²) in [7, 11) is 0. The molecule has 4 aromatic rings. The van der Waals surface area contributed by atoms with E-state index < -0.39 is 0 Å². The molecule has 7 rings (SSSR count). The van der Waals surface area contributed by atoms with Gasteiger partial charge in [0.05, 0.1) is 6.26 Å². The van der Waals surface area contributed by atoms with E-state index in [0.717, 1.165) is 71.1 Å². The highest BCUT2D eigenvalue weighted by Gasteiger charge is 2.34. The molecule has 3 fully saturated rings. The van der Waals surface area contributed by atoms with Gasteiger partial charge >= 0.3 is 0 Å². The number of amides is 1. The summed E-state index contributed by atoms with van der Waals surface area (Å²) in [6.07, 6.45) is 10.7. The zero-order valence-corrected chi connectivity index (χ0v) is 25.1. The number of carbonyl (C=O) groups is 1. The molecule has 0 radical (unpaired) electrons. The maximum atomic E-state index is 13.3. The molecule has 42 heavy (non-hydrogen) atoms. The summed E-state index contributed by atoms with van der Waals surface area (Å²) in [5, 5.41) is 5.31. The molecule has 2 atom stereocenters. The second-order valence-corrected chi connectivity index (χ2v) is 12.9. The first kappa shape index (κ1) is 27.5. The molecular weight excluding hydrogens is 524 g/mol. The van der Waals surface area contributed by atoms with Crippen LogP contribution in [0, 0.1) is 19.8 Å². The molecule has 0 unspecified atom stereocenters. The number of benzene rings is 2. The molecule has 0 bridgehead atoms. The van der Waals surface area contributed by atoms with E-state index in [1.807, 2.05) is 24.3 Å². The first-order chi connectivity index (χ1) is 20.5. The molecule has 2 N–H and O–H groups in total. The van der Waals surface area contributed by atoms with Crippen molar-refractivity contribution in [1.82, 2.24) is 20.1 Å². The minimum absolute atomic E-state index is 0.0348. The van der Waals surface area contributed by atoms with Gasteiger partial charge in [0, 0.05) is 53.6 Å². The molecular formula is C35H44N4O3. The van der Waals surface area contributed by atoms with Crippen LogP contribution in [0.5, 0.6) is 5.75 Å². The second kappa shape index (κ2) is 11.8. The van der Waals surface area contributed by atoms with Crippen LogP contribution in [0.2, 0.25) is 0 Å². The molecule has 1 amide bonds. The van der Waals surface area contributed by atoms with Crippen LogP contribution in [0.4, 0.5) is 0 Å². The van der Waals surface area contributed by atoms with Gasteiger partial charge in [-0.3, -0.25) is 4.79 Å². The van der Waals surface area contributed by atoms with Crippen molar-refractivity contribution in [2.75, 3.05) is 32.7 Å². The van der Waals surface area contributed by atoms with E-state index in [1.165, 1.54) is 62.9 Å². The van der Waals surface area contributed by atoms with Gasteiger partial charge in [-0.15, -0.1) is 0 Å². The van der Waals surface area contributed by atoms with E-state index in [1.54, 1.807) is 6.26 Å². The smallest absolute Gasteiger partial charge is 0.267 e. The van der Waals surface area contributed by atoms with Gasteiger partial charge in [0.1, 0.15) is 23.6 Å². The highest BCUT2D eigenvalue weighted by atomic mass is 16.5. The number of nitrogens with one attached hydrogen (secondary N) is 2. The zero-order valence-electron chi connectivity index (χ0n) is 25.1. The predicted octanol–water partition coefficient (Wildman–Crippen LogP) is 6.57. The number of H-pyrrole nitrogens is 1. The number of hydrogen-bond acceptors (Lipinski definition) is 5. The molecule has 2 aromatic carbocycles. The number of aromatic nitrogens is 1. The van der Waals surface area contributed by atoms with Crippen LogP contribution in [-0.4, -0.2) is 65.5 Å². The maximum Gasteiger partial charge on any atom is 0.267 e. The minimum Gasteiger partial charge on any atom is -0.488 e. The highest BCUT2D eigenvalue weighted by Crippen LogP contribution is 2.33. The fourth-order valence-corrected chi connectivity index (χ4v) is 7.62. The highest BCUT2D eigenvalue weighted by molar-refractivity contribution is 5.99. The lowest BCUT2D eigenvalue weighted by atomic mass is 9.83. The number of hydrogen-bond donors (Lipinski definition) is 2. The number of aromatic amines is 1. The Morgan fingerprint density at radius 2 is 1.81 bits per heavy atom. The SMILES string of the molecule is Cc1cc2occ(COc3cccc4[nH]c(C(=O)NC5CCN(C[C@@H]6CCCN7CCCC[C@H]67)CC5)cc34)c2cc1C. The Morgan fingerprint density at radius 3 is 2.69 bits per heavy atom. The van der Waals surface area contributed by atoms with Crippen LogP contribution in [0.15, 0.2) is 47.1 Å². The summed E-state index contributed by atoms with van der Waals surface area (Å²) < 4.78 is 12.1. The van der Waals surface area contributed by atoms with Crippen molar-refractivity contribution in [2.45, 2.75) is 77.5 Å². The summed E-state index contributed by atoms with van der Waals surface area (Å²) >= 11 is 0. The molecule has 5 heterocycles. The number of likely N-dealkylation sites (tertiary alicyclic amines) is 1. The lowest BCUT2D eigenvalue weighted by Crippen LogP contribution is -2.52. The quantitative estimate of drug-likeness (QED) is 0.264. The average Bonchev–Trinajstić information content (AvgIpc) is 3.62. The second-order valence-electron chi connectivity index (χ2n) is 12.9. The van der Waals surface area contributed by atoms with Crippen LogP contribution < -0.4 is 10.1 Å². The third kappa shape index (κ3) is 5.57. The molecule has 0 aliphatic carbocycles. The molecule has 2 aromatic heterocycles. The van der Waals surface area contributed by atoms with E-state index >= 15 is 0 Å². The van der Waals surface area contributed by atoms with E-state index in [-0.39, 0.29) is 11.9 Å². The van der Waals surface area contributed by atoms with Crippen molar-refractivity contribution in [3.63, 3.8) is 0 Å². The average molecular weight is 569 g/mol. The number of aryl methyl sites for hydroxylation is 2. The molecule has 222 valence electrons. The fraction of sp³-hybridized carbons (Fsp3) is 0.514. The van der Waals surface area contributed by atoms with Crippen LogP contribution in [0.1, 0.15) is 72.1 Å². The number of nitrogens with zero attached hydrogens (tertiary/aromatic N) is 2. The summed E-state index contributed by atoms with van der Waals surface area (Å²) in [6.45, 7) is 10.6. The van der Waals surface area contributed by atoms with Crippen molar-refractivity contribution >= 4 is 27.8 Å². The number of furan rings is 1.